The van der Waals surface area contributed by atoms with Gasteiger partial charge in [0.1, 0.15) is 25.6 Å². The molecule has 0 fully saturated rings. The number of benzene rings is 2. The highest BCUT2D eigenvalue weighted by Gasteiger charge is 2.22. The van der Waals surface area contributed by atoms with E-state index in [1.54, 1.807) is 31.2 Å². The topological polar surface area (TPSA) is 57.2 Å². The minimum absolute atomic E-state index is 0.131. The second-order valence-electron chi connectivity index (χ2n) is 6.09. The Hall–Kier alpha value is -2.89. The van der Waals surface area contributed by atoms with Gasteiger partial charge in [0, 0.05) is 12.6 Å². The number of fused-ring (bicyclic) bond motifs is 1. The highest BCUT2D eigenvalue weighted by Crippen LogP contribution is 2.40. The smallest absolute Gasteiger partial charge is 0.253 e. The fourth-order valence-corrected chi connectivity index (χ4v) is 2.72. The van der Waals surface area contributed by atoms with Crippen LogP contribution in [0.15, 0.2) is 36.4 Å². The summed E-state index contributed by atoms with van der Waals surface area (Å²) in [5.41, 5.74) is 1.62. The molecule has 138 valence electrons. The lowest BCUT2D eigenvalue weighted by molar-refractivity contribution is 0.0772. The van der Waals surface area contributed by atoms with Crippen molar-refractivity contribution in [2.24, 2.45) is 0 Å². The third-order valence-corrected chi connectivity index (χ3v) is 4.11. The van der Waals surface area contributed by atoms with Gasteiger partial charge in [-0.05, 0) is 36.8 Å². The number of carbonyl (C=O) groups is 1. The Morgan fingerprint density at radius 3 is 2.77 bits per heavy atom. The maximum Gasteiger partial charge on any atom is 0.253 e. The van der Waals surface area contributed by atoms with Crippen molar-refractivity contribution in [3.8, 4) is 23.0 Å². The summed E-state index contributed by atoms with van der Waals surface area (Å²) in [7, 11) is 3.28. The van der Waals surface area contributed by atoms with Crippen molar-refractivity contribution >= 4 is 5.91 Å². The first kappa shape index (κ1) is 17.9. The Bertz CT molecular complexity index is 773. The predicted molar refractivity (Wildman–Crippen MR) is 97.6 cm³/mol. The van der Waals surface area contributed by atoms with Gasteiger partial charge < -0.3 is 23.8 Å². The highest BCUT2D eigenvalue weighted by atomic mass is 16.6. The number of hydrogen-bond donors (Lipinski definition) is 0. The fraction of sp³-hybridized carbons (Fsp3) is 0.350. The van der Waals surface area contributed by atoms with Crippen molar-refractivity contribution in [2.45, 2.75) is 6.92 Å². The van der Waals surface area contributed by atoms with Crippen molar-refractivity contribution in [3.05, 3.63) is 47.5 Å². The van der Waals surface area contributed by atoms with E-state index in [2.05, 4.69) is 0 Å². The van der Waals surface area contributed by atoms with E-state index in [1.165, 1.54) is 0 Å². The molecule has 1 heterocycles. The molecule has 0 N–H and O–H groups in total. The van der Waals surface area contributed by atoms with Gasteiger partial charge in [-0.15, -0.1) is 0 Å². The van der Waals surface area contributed by atoms with Crippen molar-refractivity contribution in [1.82, 2.24) is 4.90 Å². The number of aryl methyl sites for hydroxylation is 1. The number of hydrogen-bond acceptors (Lipinski definition) is 5. The van der Waals surface area contributed by atoms with Crippen LogP contribution in [0.3, 0.4) is 0 Å². The van der Waals surface area contributed by atoms with Gasteiger partial charge in [0.15, 0.2) is 11.5 Å². The number of rotatable bonds is 6. The second kappa shape index (κ2) is 7.99. The zero-order valence-electron chi connectivity index (χ0n) is 15.3. The first-order valence-corrected chi connectivity index (χ1v) is 8.51. The first-order valence-electron chi connectivity index (χ1n) is 8.51. The molecular weight excluding hydrogens is 334 g/mol. The Balaban J connectivity index is 1.64. The van der Waals surface area contributed by atoms with Crippen LogP contribution in [0.5, 0.6) is 23.0 Å². The van der Waals surface area contributed by atoms with Gasteiger partial charge in [0.2, 0.25) is 5.75 Å². The van der Waals surface area contributed by atoms with Crippen LogP contribution in [0.1, 0.15) is 15.9 Å². The predicted octanol–water partition coefficient (Wildman–Crippen LogP) is 2.93. The quantitative estimate of drug-likeness (QED) is 0.796. The van der Waals surface area contributed by atoms with Gasteiger partial charge in [-0.2, -0.15) is 0 Å². The van der Waals surface area contributed by atoms with Gasteiger partial charge in [-0.25, -0.2) is 0 Å². The number of amides is 1. The molecule has 3 rings (SSSR count). The Labute approximate surface area is 153 Å². The van der Waals surface area contributed by atoms with Crippen LogP contribution in [-0.4, -0.2) is 51.3 Å². The highest BCUT2D eigenvalue weighted by molar-refractivity contribution is 5.95. The van der Waals surface area contributed by atoms with Crippen molar-refractivity contribution in [3.63, 3.8) is 0 Å². The van der Waals surface area contributed by atoms with E-state index >= 15 is 0 Å². The van der Waals surface area contributed by atoms with Crippen LogP contribution in [-0.2, 0) is 0 Å². The lowest BCUT2D eigenvalue weighted by atomic mass is 10.1. The van der Waals surface area contributed by atoms with Crippen LogP contribution < -0.4 is 18.9 Å². The Morgan fingerprint density at radius 1 is 1.19 bits per heavy atom. The SMILES string of the molecule is COc1cc(C(=O)N(C)CCOc2cccc(C)c2)cc2c1OCCO2. The van der Waals surface area contributed by atoms with Crippen LogP contribution in [0.4, 0.5) is 0 Å². The molecule has 0 aliphatic carbocycles. The molecule has 0 atom stereocenters. The molecule has 26 heavy (non-hydrogen) atoms. The molecule has 0 saturated heterocycles. The van der Waals surface area contributed by atoms with Gasteiger partial charge in [0.05, 0.1) is 13.7 Å². The van der Waals surface area contributed by atoms with E-state index in [9.17, 15) is 4.79 Å². The summed E-state index contributed by atoms with van der Waals surface area (Å²) in [5, 5.41) is 0. The number of likely N-dealkylation sites (N-methyl/N-ethyl adjacent to an activating group) is 1. The van der Waals surface area contributed by atoms with E-state index < -0.39 is 0 Å². The van der Waals surface area contributed by atoms with E-state index in [1.807, 2.05) is 31.2 Å². The van der Waals surface area contributed by atoms with Crippen LogP contribution in [0, 0.1) is 6.92 Å². The average Bonchev–Trinajstić information content (AvgIpc) is 2.66. The normalized spacial score (nSPS) is 12.4. The molecule has 0 radical (unpaired) electrons. The minimum Gasteiger partial charge on any atom is -0.493 e. The molecule has 1 aliphatic heterocycles. The van der Waals surface area contributed by atoms with Crippen LogP contribution in [0.2, 0.25) is 0 Å². The summed E-state index contributed by atoms with van der Waals surface area (Å²) in [4.78, 5) is 14.3. The van der Waals surface area contributed by atoms with Crippen LogP contribution in [0.25, 0.3) is 0 Å². The molecular formula is C20H23NO5. The standard InChI is InChI=1S/C20H23NO5/c1-14-5-4-6-16(11-14)24-8-7-21(2)20(22)15-12-17(23-3)19-18(13-15)25-9-10-26-19/h4-6,11-13H,7-10H2,1-3H3. The van der Waals surface area contributed by atoms with Crippen molar-refractivity contribution in [1.29, 1.82) is 0 Å². The summed E-state index contributed by atoms with van der Waals surface area (Å²) in [5.74, 6) is 2.24. The molecule has 6 heteroatoms. The van der Waals surface area contributed by atoms with Gasteiger partial charge in [-0.1, -0.05) is 12.1 Å². The monoisotopic (exact) mass is 357 g/mol. The summed E-state index contributed by atoms with van der Waals surface area (Å²) >= 11 is 0. The molecule has 6 nitrogen and oxygen atoms in total. The lowest BCUT2D eigenvalue weighted by Gasteiger charge is -2.23. The summed E-state index contributed by atoms with van der Waals surface area (Å²) in [6.45, 7) is 3.80. The Morgan fingerprint density at radius 2 is 2.00 bits per heavy atom. The van der Waals surface area contributed by atoms with E-state index in [4.69, 9.17) is 18.9 Å². The Kier molecular flexibility index (Phi) is 5.51. The first-order chi connectivity index (χ1) is 12.6. The fourth-order valence-electron chi connectivity index (χ4n) is 2.72. The van der Waals surface area contributed by atoms with E-state index in [0.29, 0.717) is 49.2 Å². The molecule has 0 unspecified atom stereocenters. The zero-order chi connectivity index (χ0) is 18.5. The van der Waals surface area contributed by atoms with Crippen molar-refractivity contribution in [2.75, 3.05) is 40.5 Å². The molecule has 2 aromatic carbocycles. The number of methoxy groups -OCH3 is 1. The molecule has 0 aromatic heterocycles. The summed E-state index contributed by atoms with van der Waals surface area (Å²) in [6.07, 6.45) is 0. The summed E-state index contributed by atoms with van der Waals surface area (Å²) < 4.78 is 22.2. The molecule has 0 spiro atoms. The minimum atomic E-state index is -0.131. The molecule has 2 aromatic rings. The van der Waals surface area contributed by atoms with Crippen LogP contribution >= 0.6 is 0 Å². The summed E-state index contributed by atoms with van der Waals surface area (Å²) in [6, 6.07) is 11.2. The third-order valence-electron chi connectivity index (χ3n) is 4.11. The number of ether oxygens (including phenoxy) is 4. The molecule has 0 saturated carbocycles. The van der Waals surface area contributed by atoms with Gasteiger partial charge in [0.25, 0.3) is 5.91 Å². The second-order valence-corrected chi connectivity index (χ2v) is 6.09. The largest absolute Gasteiger partial charge is 0.493 e. The molecule has 1 aliphatic rings. The zero-order valence-corrected chi connectivity index (χ0v) is 15.3. The maximum absolute atomic E-state index is 12.7. The molecule has 0 bridgehead atoms. The van der Waals surface area contributed by atoms with Gasteiger partial charge in [-0.3, -0.25) is 4.79 Å². The maximum atomic E-state index is 12.7. The van der Waals surface area contributed by atoms with Crippen molar-refractivity contribution < 1.29 is 23.7 Å². The van der Waals surface area contributed by atoms with E-state index in [-0.39, 0.29) is 5.91 Å². The average molecular weight is 357 g/mol. The number of nitrogens with zero attached hydrogens (tertiary/aromatic N) is 1. The molecule has 1 amide bonds. The van der Waals surface area contributed by atoms with Gasteiger partial charge >= 0.3 is 0 Å². The van der Waals surface area contributed by atoms with E-state index in [0.717, 1.165) is 11.3 Å². The lowest BCUT2D eigenvalue weighted by Crippen LogP contribution is -2.31. The third kappa shape index (κ3) is 4.02. The number of carbonyl (C=O) groups excluding carboxylic acids is 1.